The van der Waals surface area contributed by atoms with E-state index < -0.39 is 0 Å². The summed E-state index contributed by atoms with van der Waals surface area (Å²) in [6.07, 6.45) is 3.93. The molecule has 1 atom stereocenters. The Morgan fingerprint density at radius 3 is 2.69 bits per heavy atom. The van der Waals surface area contributed by atoms with Gasteiger partial charge in [0.2, 0.25) is 11.6 Å². The molecule has 0 saturated carbocycles. The number of carbonyl (C=O) groups excluding carboxylic acids is 1. The summed E-state index contributed by atoms with van der Waals surface area (Å²) in [7, 11) is 2.16. The fraction of sp³-hybridized carbons (Fsp3) is 0.517. The number of aromatic nitrogens is 6. The molecule has 0 aliphatic carbocycles. The van der Waals surface area contributed by atoms with Gasteiger partial charge in [0.25, 0.3) is 0 Å². The molecule has 2 saturated heterocycles. The second-order valence-corrected chi connectivity index (χ2v) is 12.7. The van der Waals surface area contributed by atoms with E-state index in [1.165, 1.54) is 11.8 Å². The number of benzene rings is 1. The fourth-order valence-electron chi connectivity index (χ4n) is 5.57. The first-order valence-corrected chi connectivity index (χ1v) is 15.9. The quantitative estimate of drug-likeness (QED) is 0.155. The smallest absolute Gasteiger partial charge is 0.218 e. The molecule has 0 amide bonds. The van der Waals surface area contributed by atoms with Crippen molar-refractivity contribution in [2.45, 2.75) is 55.1 Å². The standard InChI is InChI=1S/C29H37ClN10OS/c1-3-20-25(30)24-27(32-20)34-29(35-28(24)40-11-9-18(31)17-40)42-19-7-8-21-22(16-19)36-37-26(33-21)23(41)6-4-5-10-39-14-12-38(2)13-15-39/h7-8,16,18H,3-6,9-15,17,31H2,1-2H3,(H,32,34,35)/t18-/m0/s1. The molecule has 42 heavy (non-hydrogen) atoms. The molecule has 3 N–H and O–H groups in total. The molecule has 2 fully saturated rings. The number of nitrogens with one attached hydrogen (secondary N) is 1. The summed E-state index contributed by atoms with van der Waals surface area (Å²) in [5.41, 5.74) is 9.13. The highest BCUT2D eigenvalue weighted by atomic mass is 35.5. The number of piperazine rings is 1. The molecule has 2 aliphatic heterocycles. The van der Waals surface area contributed by atoms with Crippen LogP contribution >= 0.6 is 23.4 Å². The zero-order valence-electron chi connectivity index (χ0n) is 24.1. The minimum Gasteiger partial charge on any atom is -0.354 e. The average Bonchev–Trinajstić information content (AvgIpc) is 3.57. The minimum absolute atomic E-state index is 0.0619. The van der Waals surface area contributed by atoms with Gasteiger partial charge in [0.15, 0.2) is 5.16 Å². The van der Waals surface area contributed by atoms with Crippen molar-refractivity contribution >= 4 is 57.0 Å². The first kappa shape index (κ1) is 29.2. The van der Waals surface area contributed by atoms with Crippen molar-refractivity contribution < 1.29 is 4.79 Å². The van der Waals surface area contributed by atoms with Crippen LogP contribution in [-0.4, -0.2) is 105 Å². The molecule has 0 spiro atoms. The Balaban J connectivity index is 1.14. The van der Waals surface area contributed by atoms with Gasteiger partial charge in [-0.3, -0.25) is 4.79 Å². The molecular formula is C29H37ClN10OS. The van der Waals surface area contributed by atoms with Gasteiger partial charge >= 0.3 is 0 Å². The molecule has 13 heteroatoms. The number of hydrogen-bond acceptors (Lipinski definition) is 11. The van der Waals surface area contributed by atoms with Gasteiger partial charge < -0.3 is 25.4 Å². The molecule has 11 nitrogen and oxygen atoms in total. The first-order chi connectivity index (χ1) is 20.4. The van der Waals surface area contributed by atoms with Crippen LogP contribution in [-0.2, 0) is 6.42 Å². The van der Waals surface area contributed by atoms with Crippen molar-refractivity contribution in [3.63, 3.8) is 0 Å². The van der Waals surface area contributed by atoms with Gasteiger partial charge in [-0.05, 0) is 69.2 Å². The van der Waals surface area contributed by atoms with Crippen molar-refractivity contribution in [3.8, 4) is 0 Å². The molecule has 0 radical (unpaired) electrons. The molecule has 4 aromatic rings. The third-order valence-electron chi connectivity index (χ3n) is 8.11. The van der Waals surface area contributed by atoms with E-state index in [4.69, 9.17) is 27.3 Å². The maximum absolute atomic E-state index is 12.8. The SMILES string of the molecule is CCc1[nH]c2nc(Sc3ccc4nc(C(=O)CCCCN5CCN(C)CC5)nnc4c3)nc(N3CC[C@H](N)C3)c2c1Cl. The van der Waals surface area contributed by atoms with E-state index in [9.17, 15) is 4.79 Å². The van der Waals surface area contributed by atoms with Crippen molar-refractivity contribution in [2.75, 3.05) is 57.8 Å². The van der Waals surface area contributed by atoms with Gasteiger partial charge in [-0.1, -0.05) is 18.5 Å². The molecule has 6 rings (SSSR count). The molecule has 3 aromatic heterocycles. The predicted octanol–water partition coefficient (Wildman–Crippen LogP) is 3.80. The first-order valence-electron chi connectivity index (χ1n) is 14.7. The number of halogens is 1. The van der Waals surface area contributed by atoms with E-state index in [1.54, 1.807) is 0 Å². The third-order valence-corrected chi connectivity index (χ3v) is 9.38. The van der Waals surface area contributed by atoms with Crippen LogP contribution in [0.1, 0.15) is 48.9 Å². The van der Waals surface area contributed by atoms with E-state index >= 15 is 0 Å². The number of H-pyrrole nitrogens is 1. The lowest BCUT2D eigenvalue weighted by Gasteiger charge is -2.32. The highest BCUT2D eigenvalue weighted by molar-refractivity contribution is 7.99. The van der Waals surface area contributed by atoms with Gasteiger partial charge in [0.1, 0.15) is 17.0 Å². The summed E-state index contributed by atoms with van der Waals surface area (Å²) in [5, 5.41) is 10.6. The van der Waals surface area contributed by atoms with Crippen LogP contribution in [0.2, 0.25) is 5.02 Å². The van der Waals surface area contributed by atoms with E-state index in [2.05, 4.69) is 48.8 Å². The van der Waals surface area contributed by atoms with Crippen LogP contribution in [0.4, 0.5) is 5.82 Å². The lowest BCUT2D eigenvalue weighted by Crippen LogP contribution is -2.44. The molecular weight excluding hydrogens is 572 g/mol. The van der Waals surface area contributed by atoms with Crippen molar-refractivity contribution in [1.29, 1.82) is 0 Å². The monoisotopic (exact) mass is 608 g/mol. The number of aromatic amines is 1. The van der Waals surface area contributed by atoms with Gasteiger partial charge in [-0.2, -0.15) is 0 Å². The van der Waals surface area contributed by atoms with Crippen LogP contribution < -0.4 is 10.6 Å². The van der Waals surface area contributed by atoms with E-state index in [0.717, 1.165) is 98.9 Å². The number of anilines is 1. The van der Waals surface area contributed by atoms with Gasteiger partial charge in [-0.25, -0.2) is 15.0 Å². The largest absolute Gasteiger partial charge is 0.354 e. The summed E-state index contributed by atoms with van der Waals surface area (Å²) < 4.78 is 0. The van der Waals surface area contributed by atoms with Crippen LogP contribution in [0.15, 0.2) is 28.3 Å². The zero-order valence-corrected chi connectivity index (χ0v) is 25.7. The van der Waals surface area contributed by atoms with Gasteiger partial charge in [0.05, 0.1) is 15.9 Å². The van der Waals surface area contributed by atoms with Crippen LogP contribution in [0.3, 0.4) is 0 Å². The van der Waals surface area contributed by atoms with E-state index in [-0.39, 0.29) is 17.6 Å². The number of unbranched alkanes of at least 4 members (excludes halogenated alkanes) is 1. The summed E-state index contributed by atoms with van der Waals surface area (Å²) in [6.45, 7) is 9.04. The molecule has 0 unspecified atom stereocenters. The number of likely N-dealkylation sites (N-methyl/N-ethyl adjacent to an activating group) is 1. The van der Waals surface area contributed by atoms with Crippen molar-refractivity contribution in [1.82, 2.24) is 39.9 Å². The topological polar surface area (TPSA) is 133 Å². The molecule has 1 aromatic carbocycles. The van der Waals surface area contributed by atoms with Crippen LogP contribution in [0, 0.1) is 0 Å². The van der Waals surface area contributed by atoms with Crippen molar-refractivity contribution in [2.24, 2.45) is 5.73 Å². The number of carbonyl (C=O) groups is 1. The number of fused-ring (bicyclic) bond motifs is 2. The highest BCUT2D eigenvalue weighted by Gasteiger charge is 2.26. The summed E-state index contributed by atoms with van der Waals surface area (Å²) >= 11 is 8.17. The molecule has 222 valence electrons. The summed E-state index contributed by atoms with van der Waals surface area (Å²) in [4.78, 5) is 38.3. The second-order valence-electron chi connectivity index (χ2n) is 11.2. The Kier molecular flexibility index (Phi) is 8.87. The Morgan fingerprint density at radius 2 is 1.93 bits per heavy atom. The highest BCUT2D eigenvalue weighted by Crippen LogP contribution is 2.37. The Morgan fingerprint density at radius 1 is 1.10 bits per heavy atom. The Bertz CT molecular complexity index is 1590. The minimum atomic E-state index is -0.0619. The molecule has 5 heterocycles. The van der Waals surface area contributed by atoms with Crippen LogP contribution in [0.25, 0.3) is 22.1 Å². The molecule has 0 bridgehead atoms. The number of nitrogens with zero attached hydrogens (tertiary/aromatic N) is 8. The van der Waals surface area contributed by atoms with Crippen molar-refractivity contribution in [3.05, 3.63) is 34.7 Å². The fourth-order valence-corrected chi connectivity index (χ4v) is 6.72. The predicted molar refractivity (Wildman–Crippen MR) is 167 cm³/mol. The number of hydrogen-bond donors (Lipinski definition) is 2. The average molecular weight is 609 g/mol. The normalized spacial score (nSPS) is 18.5. The lowest BCUT2D eigenvalue weighted by atomic mass is 10.1. The van der Waals surface area contributed by atoms with Crippen LogP contribution in [0.5, 0.6) is 0 Å². The maximum Gasteiger partial charge on any atom is 0.218 e. The lowest BCUT2D eigenvalue weighted by molar-refractivity contribution is 0.0965. The zero-order chi connectivity index (χ0) is 29.2. The third kappa shape index (κ3) is 6.37. The number of aryl methyl sites for hydroxylation is 1. The summed E-state index contributed by atoms with van der Waals surface area (Å²) in [6, 6.07) is 5.84. The maximum atomic E-state index is 12.8. The number of Topliss-reactive ketones (excluding diaryl/α,β-unsaturated/α-hetero) is 1. The second kappa shape index (κ2) is 12.8. The Hall–Kier alpha value is -2.90. The van der Waals surface area contributed by atoms with Gasteiger partial charge in [0, 0.05) is 62.3 Å². The molecule has 2 aliphatic rings. The van der Waals surface area contributed by atoms with E-state index in [0.29, 0.717) is 27.6 Å². The number of rotatable bonds is 10. The van der Waals surface area contributed by atoms with Gasteiger partial charge in [-0.15, -0.1) is 10.2 Å². The number of ketones is 1. The Labute approximate surface area is 254 Å². The number of nitrogens with two attached hydrogens (primary N) is 1. The summed E-state index contributed by atoms with van der Waals surface area (Å²) in [5.74, 6) is 0.929. The van der Waals surface area contributed by atoms with E-state index in [1.807, 2.05) is 18.2 Å².